The van der Waals surface area contributed by atoms with Crippen LogP contribution in [0.1, 0.15) is 67.2 Å². The molecule has 6 heteroatoms. The topological polar surface area (TPSA) is 78.4 Å². The second kappa shape index (κ2) is 16.7. The van der Waals surface area contributed by atoms with Crippen molar-refractivity contribution >= 4 is 24.1 Å². The highest BCUT2D eigenvalue weighted by molar-refractivity contribution is 7.99. The molecular formula is C25H42N2O3S. The van der Waals surface area contributed by atoms with E-state index in [0.29, 0.717) is 17.9 Å². The molecule has 0 radical (unpaired) electrons. The first-order chi connectivity index (χ1) is 14.6. The third kappa shape index (κ3) is 14.6. The molecule has 2 unspecified atom stereocenters. The minimum Gasteiger partial charge on any atom is -0.480 e. The third-order valence-electron chi connectivity index (χ3n) is 4.90. The van der Waals surface area contributed by atoms with Crippen molar-refractivity contribution in [3.63, 3.8) is 0 Å². The summed E-state index contributed by atoms with van der Waals surface area (Å²) in [4.78, 5) is 22.4. The van der Waals surface area contributed by atoms with Gasteiger partial charge in [0.15, 0.2) is 0 Å². The molecule has 176 valence electrons. The summed E-state index contributed by atoms with van der Waals surface area (Å²) in [5.41, 5.74) is 4.64. The zero-order chi connectivity index (χ0) is 23.8. The zero-order valence-electron chi connectivity index (χ0n) is 20.2. The Morgan fingerprint density at radius 1 is 1.03 bits per heavy atom. The lowest BCUT2D eigenvalue weighted by atomic mass is 10.0. The van der Waals surface area contributed by atoms with Crippen LogP contribution in [0.25, 0.3) is 0 Å². The molecule has 0 aromatic carbocycles. The monoisotopic (exact) mass is 450 g/mol. The highest BCUT2D eigenvalue weighted by Crippen LogP contribution is 2.14. The molecule has 0 saturated heterocycles. The van der Waals surface area contributed by atoms with Crippen molar-refractivity contribution in [1.82, 2.24) is 10.6 Å². The molecule has 1 amide bonds. The molecule has 0 saturated carbocycles. The number of carbonyl (C=O) groups is 2. The quantitative estimate of drug-likeness (QED) is 0.156. The largest absolute Gasteiger partial charge is 0.480 e. The predicted molar refractivity (Wildman–Crippen MR) is 134 cm³/mol. The van der Waals surface area contributed by atoms with Crippen LogP contribution in [0, 0.1) is 5.92 Å². The van der Waals surface area contributed by atoms with Crippen LogP contribution in [0.4, 0.5) is 0 Å². The number of nitrogens with one attached hydrogen (secondary N) is 2. The van der Waals surface area contributed by atoms with Gasteiger partial charge in [-0.25, -0.2) is 4.79 Å². The molecule has 31 heavy (non-hydrogen) atoms. The maximum absolute atomic E-state index is 11.6. The maximum atomic E-state index is 11.6. The number of carboxylic acid groups (broad SMARTS) is 1. The van der Waals surface area contributed by atoms with Crippen molar-refractivity contribution in [3.8, 4) is 0 Å². The number of carboxylic acids is 1. The van der Waals surface area contributed by atoms with E-state index in [1.807, 2.05) is 13.8 Å². The van der Waals surface area contributed by atoms with Crippen LogP contribution in [0.15, 0.2) is 47.2 Å². The van der Waals surface area contributed by atoms with Gasteiger partial charge in [-0.2, -0.15) is 11.8 Å². The summed E-state index contributed by atoms with van der Waals surface area (Å²) in [6.07, 6.45) is 11.7. The van der Waals surface area contributed by atoms with E-state index < -0.39 is 12.0 Å². The van der Waals surface area contributed by atoms with Crippen molar-refractivity contribution in [2.24, 2.45) is 5.92 Å². The van der Waals surface area contributed by atoms with Crippen LogP contribution in [-0.4, -0.2) is 41.1 Å². The molecule has 0 aromatic heterocycles. The van der Waals surface area contributed by atoms with Gasteiger partial charge in [-0.15, -0.1) is 0 Å². The van der Waals surface area contributed by atoms with E-state index in [2.05, 4.69) is 63.1 Å². The summed E-state index contributed by atoms with van der Waals surface area (Å²) in [5.74, 6) is 0.389. The fraction of sp³-hybridized carbons (Fsp3) is 0.600. The summed E-state index contributed by atoms with van der Waals surface area (Å²) in [7, 11) is 0. The van der Waals surface area contributed by atoms with E-state index in [1.165, 1.54) is 16.7 Å². The highest BCUT2D eigenvalue weighted by Gasteiger charge is 2.22. The summed E-state index contributed by atoms with van der Waals surface area (Å²) in [6.45, 7) is 16.4. The molecule has 5 nitrogen and oxygen atoms in total. The zero-order valence-corrected chi connectivity index (χ0v) is 21.0. The minimum absolute atomic E-state index is 0.114. The summed E-state index contributed by atoms with van der Waals surface area (Å²) >= 11 is 1.57. The number of thioether (sulfide) groups is 1. The number of amides is 1. The first kappa shape index (κ1) is 29.1. The van der Waals surface area contributed by atoms with Gasteiger partial charge in [0.25, 0.3) is 0 Å². The summed E-state index contributed by atoms with van der Waals surface area (Å²) in [6, 6.07) is -1.04. The van der Waals surface area contributed by atoms with Crippen molar-refractivity contribution in [2.75, 3.05) is 11.5 Å². The minimum atomic E-state index is -0.920. The van der Waals surface area contributed by atoms with Gasteiger partial charge in [0.2, 0.25) is 6.41 Å². The maximum Gasteiger partial charge on any atom is 0.326 e. The Balaban J connectivity index is 4.43. The number of rotatable bonds is 17. The van der Waals surface area contributed by atoms with Gasteiger partial charge in [-0.05, 0) is 59.3 Å². The lowest BCUT2D eigenvalue weighted by Gasteiger charge is -2.26. The average Bonchev–Trinajstić information content (AvgIpc) is 2.67. The van der Waals surface area contributed by atoms with Crippen LogP contribution in [0.2, 0.25) is 0 Å². The van der Waals surface area contributed by atoms with Gasteiger partial charge < -0.3 is 15.7 Å². The number of carbonyl (C=O) groups excluding carboxylic acids is 1. The Hall–Kier alpha value is -1.95. The van der Waals surface area contributed by atoms with Crippen LogP contribution in [-0.2, 0) is 9.59 Å². The Morgan fingerprint density at radius 3 is 2.13 bits per heavy atom. The number of aliphatic carboxylic acids is 1. The fourth-order valence-corrected chi connectivity index (χ4v) is 3.98. The van der Waals surface area contributed by atoms with Crippen LogP contribution < -0.4 is 10.6 Å². The van der Waals surface area contributed by atoms with Crippen molar-refractivity contribution in [1.29, 1.82) is 0 Å². The Labute approximate surface area is 193 Å². The molecule has 0 aliphatic heterocycles. The number of hydrogen-bond acceptors (Lipinski definition) is 4. The van der Waals surface area contributed by atoms with Crippen molar-refractivity contribution < 1.29 is 14.7 Å². The lowest BCUT2D eigenvalue weighted by Crippen LogP contribution is -2.46. The molecule has 0 rings (SSSR count). The second-order valence-corrected chi connectivity index (χ2v) is 9.64. The molecule has 0 spiro atoms. The Morgan fingerprint density at radius 2 is 1.61 bits per heavy atom. The standard InChI is InChI=1S/C25H42N2O3S/c1-18(2)10-8-11-20(5)12-9-13-21(6)14-15-31-16-23(25(29)30)27-22(7)24(19(3)4)26-17-28/h10,12,14,17,19,23-24,27H,7-9,11,13,15-16H2,1-6H3,(H,26,28)(H,29,30)/b20-12+,21-14+. The van der Waals surface area contributed by atoms with Crippen LogP contribution in [0.5, 0.6) is 0 Å². The van der Waals surface area contributed by atoms with E-state index in [9.17, 15) is 14.7 Å². The SMILES string of the molecule is C=C(NC(CSC/C=C(\C)CC/C=C(\C)CCC=C(C)C)C(=O)O)C(NC=O)C(C)C. The second-order valence-electron chi connectivity index (χ2n) is 8.56. The van der Waals surface area contributed by atoms with E-state index in [0.717, 1.165) is 31.4 Å². The predicted octanol–water partition coefficient (Wildman–Crippen LogP) is 5.47. The molecule has 0 aliphatic carbocycles. The van der Waals surface area contributed by atoms with Gasteiger partial charge >= 0.3 is 5.97 Å². The summed E-state index contributed by atoms with van der Waals surface area (Å²) < 4.78 is 0. The van der Waals surface area contributed by atoms with E-state index in [4.69, 9.17) is 0 Å². The van der Waals surface area contributed by atoms with Gasteiger partial charge in [-0.1, -0.05) is 55.4 Å². The van der Waals surface area contributed by atoms with Crippen LogP contribution >= 0.6 is 11.8 Å². The van der Waals surface area contributed by atoms with Gasteiger partial charge in [-0.3, -0.25) is 4.79 Å². The van der Waals surface area contributed by atoms with Gasteiger partial charge in [0.1, 0.15) is 6.04 Å². The normalized spacial score (nSPS) is 14.0. The van der Waals surface area contributed by atoms with Gasteiger partial charge in [0.05, 0.1) is 6.04 Å². The van der Waals surface area contributed by atoms with E-state index in [-0.39, 0.29) is 12.0 Å². The summed E-state index contributed by atoms with van der Waals surface area (Å²) in [5, 5.41) is 15.2. The van der Waals surface area contributed by atoms with E-state index in [1.54, 1.807) is 11.8 Å². The van der Waals surface area contributed by atoms with E-state index >= 15 is 0 Å². The smallest absolute Gasteiger partial charge is 0.326 e. The molecule has 2 atom stereocenters. The van der Waals surface area contributed by atoms with Gasteiger partial charge in [0, 0.05) is 17.2 Å². The molecule has 0 aromatic rings. The average molecular weight is 451 g/mol. The molecule has 3 N–H and O–H groups in total. The molecular weight excluding hydrogens is 408 g/mol. The fourth-order valence-electron chi connectivity index (χ4n) is 2.98. The molecule has 0 bridgehead atoms. The first-order valence-corrected chi connectivity index (χ1v) is 12.1. The molecule has 0 fully saturated rings. The number of hydrogen-bond donors (Lipinski definition) is 3. The Bertz CT molecular complexity index is 662. The third-order valence-corrected chi connectivity index (χ3v) is 5.88. The lowest BCUT2D eigenvalue weighted by molar-refractivity contribution is -0.138. The van der Waals surface area contributed by atoms with Crippen LogP contribution in [0.3, 0.4) is 0 Å². The molecule has 0 heterocycles. The first-order valence-electron chi connectivity index (χ1n) is 11.0. The Kier molecular flexibility index (Phi) is 15.7. The molecule has 0 aliphatic rings. The van der Waals surface area contributed by atoms with Crippen molar-refractivity contribution in [2.45, 2.75) is 79.3 Å². The number of allylic oxidation sites excluding steroid dienone is 5. The highest BCUT2D eigenvalue weighted by atomic mass is 32.2. The van der Waals surface area contributed by atoms with Crippen molar-refractivity contribution in [3.05, 3.63) is 47.2 Å².